The van der Waals surface area contributed by atoms with Crippen molar-refractivity contribution in [3.05, 3.63) is 52.7 Å². The normalized spacial score (nSPS) is 11.9. The van der Waals surface area contributed by atoms with Gasteiger partial charge < -0.3 is 10.1 Å². The lowest BCUT2D eigenvalue weighted by Crippen LogP contribution is -2.29. The summed E-state index contributed by atoms with van der Waals surface area (Å²) in [6.07, 6.45) is -4.30. The summed E-state index contributed by atoms with van der Waals surface area (Å²) >= 11 is 5.65. The summed E-state index contributed by atoms with van der Waals surface area (Å²) in [6.45, 7) is -0.293. The Morgan fingerprint density at radius 1 is 1.30 bits per heavy atom. The minimum absolute atomic E-state index is 0.211. The maximum Gasteiger partial charge on any atom is 0.417 e. The molecule has 1 aromatic carbocycles. The summed E-state index contributed by atoms with van der Waals surface area (Å²) in [5.41, 5.74) is -0.945. The molecule has 146 valence electrons. The highest BCUT2D eigenvalue weighted by molar-refractivity contribution is 7.91. The van der Waals surface area contributed by atoms with Crippen LogP contribution >= 0.6 is 11.6 Å². The van der Waals surface area contributed by atoms with Gasteiger partial charge in [0.05, 0.1) is 29.0 Å². The monoisotopic (exact) mass is 422 g/mol. The van der Waals surface area contributed by atoms with E-state index < -0.39 is 43.3 Å². The number of aromatic nitrogens is 1. The summed E-state index contributed by atoms with van der Waals surface area (Å²) < 4.78 is 67.4. The molecule has 1 heterocycles. The van der Waals surface area contributed by atoms with Gasteiger partial charge in [-0.2, -0.15) is 13.2 Å². The number of methoxy groups -OCH3 is 1. The van der Waals surface area contributed by atoms with Crippen molar-refractivity contribution >= 4 is 27.3 Å². The van der Waals surface area contributed by atoms with E-state index in [1.807, 2.05) is 0 Å². The molecule has 0 saturated heterocycles. The zero-order chi connectivity index (χ0) is 20.2. The number of benzene rings is 1. The van der Waals surface area contributed by atoms with Crippen molar-refractivity contribution in [1.82, 2.24) is 10.3 Å². The predicted molar refractivity (Wildman–Crippen MR) is 91.6 cm³/mol. The molecule has 6 nitrogen and oxygen atoms in total. The van der Waals surface area contributed by atoms with E-state index in [4.69, 9.17) is 16.3 Å². The third kappa shape index (κ3) is 5.10. The number of nitrogens with zero attached hydrogens (tertiary/aromatic N) is 1. The van der Waals surface area contributed by atoms with Gasteiger partial charge in [-0.15, -0.1) is 0 Å². The number of nitrogens with one attached hydrogen (secondary N) is 1. The molecule has 0 spiro atoms. The van der Waals surface area contributed by atoms with E-state index >= 15 is 0 Å². The van der Waals surface area contributed by atoms with E-state index in [-0.39, 0.29) is 12.1 Å². The van der Waals surface area contributed by atoms with Crippen molar-refractivity contribution in [2.75, 3.05) is 19.4 Å². The van der Waals surface area contributed by atoms with Crippen molar-refractivity contribution < 1.29 is 31.1 Å². The van der Waals surface area contributed by atoms with Crippen LogP contribution in [0.1, 0.15) is 15.9 Å². The Hall–Kier alpha value is -2.33. The molecule has 0 aliphatic carbocycles. The second-order valence-corrected chi connectivity index (χ2v) is 7.72. The first kappa shape index (κ1) is 21.0. The van der Waals surface area contributed by atoms with Crippen molar-refractivity contribution in [3.8, 4) is 5.75 Å². The van der Waals surface area contributed by atoms with Gasteiger partial charge in [-0.1, -0.05) is 23.7 Å². The number of pyridine rings is 1. The molecular formula is C16H14ClF3N2O4S. The van der Waals surface area contributed by atoms with Crippen LogP contribution in [-0.4, -0.2) is 38.7 Å². The fourth-order valence-corrected chi connectivity index (χ4v) is 3.78. The van der Waals surface area contributed by atoms with Crippen LogP contribution in [0.3, 0.4) is 0 Å². The Balaban J connectivity index is 2.08. The average Bonchev–Trinajstić information content (AvgIpc) is 2.60. The second-order valence-electron chi connectivity index (χ2n) is 5.28. The molecule has 0 saturated carbocycles. The molecule has 1 N–H and O–H groups in total. The van der Waals surface area contributed by atoms with Gasteiger partial charge >= 0.3 is 6.18 Å². The Kier molecular flexibility index (Phi) is 6.32. The zero-order valence-electron chi connectivity index (χ0n) is 13.9. The van der Waals surface area contributed by atoms with Crippen LogP contribution in [0.5, 0.6) is 5.75 Å². The third-order valence-corrected chi connectivity index (χ3v) is 5.49. The van der Waals surface area contributed by atoms with E-state index in [9.17, 15) is 26.4 Å². The molecule has 11 heteroatoms. The first-order valence-corrected chi connectivity index (χ1v) is 9.46. The molecule has 0 bridgehead atoms. The minimum Gasteiger partial charge on any atom is -0.496 e. The number of ether oxygens (including phenoxy) is 1. The summed E-state index contributed by atoms with van der Waals surface area (Å²) in [4.78, 5) is 15.4. The second kappa shape index (κ2) is 8.13. The first-order chi connectivity index (χ1) is 12.6. The Morgan fingerprint density at radius 3 is 2.56 bits per heavy atom. The highest BCUT2D eigenvalue weighted by Gasteiger charge is 2.33. The van der Waals surface area contributed by atoms with E-state index in [0.29, 0.717) is 18.0 Å². The number of rotatable bonds is 6. The van der Waals surface area contributed by atoms with E-state index in [1.54, 1.807) is 18.2 Å². The quantitative estimate of drug-likeness (QED) is 0.773. The molecule has 0 aliphatic rings. The van der Waals surface area contributed by atoms with Crippen molar-refractivity contribution in [1.29, 1.82) is 0 Å². The van der Waals surface area contributed by atoms with Gasteiger partial charge in [0.1, 0.15) is 5.75 Å². The standard InChI is InChI=1S/C16H14ClF3N2O4S/c1-26-13-5-3-2-4-11(13)14(23)21-6-7-27(24,25)15-12(17)8-10(9-22-15)16(18,19)20/h2-5,8-9H,6-7H2,1H3,(H,21,23). The lowest BCUT2D eigenvalue weighted by molar-refractivity contribution is -0.137. The molecule has 1 aromatic heterocycles. The highest BCUT2D eigenvalue weighted by Crippen LogP contribution is 2.32. The number of carbonyl (C=O) groups excluding carboxylic acids is 1. The van der Waals surface area contributed by atoms with Gasteiger partial charge in [0, 0.05) is 12.7 Å². The zero-order valence-corrected chi connectivity index (χ0v) is 15.5. The van der Waals surface area contributed by atoms with E-state index in [0.717, 1.165) is 0 Å². The smallest absolute Gasteiger partial charge is 0.417 e. The lowest BCUT2D eigenvalue weighted by Gasteiger charge is -2.11. The van der Waals surface area contributed by atoms with Crippen LogP contribution in [0.15, 0.2) is 41.6 Å². The van der Waals surface area contributed by atoms with Crippen LogP contribution in [0.25, 0.3) is 0 Å². The van der Waals surface area contributed by atoms with Crippen LogP contribution in [0.2, 0.25) is 5.02 Å². The number of sulfone groups is 1. The number of hydrogen-bond donors (Lipinski definition) is 1. The SMILES string of the molecule is COc1ccccc1C(=O)NCCS(=O)(=O)c1ncc(C(F)(F)F)cc1Cl. The van der Waals surface area contributed by atoms with Crippen LogP contribution < -0.4 is 10.1 Å². The van der Waals surface area contributed by atoms with Gasteiger partial charge in [-0.25, -0.2) is 13.4 Å². The van der Waals surface area contributed by atoms with Gasteiger partial charge in [-0.05, 0) is 18.2 Å². The molecule has 1 amide bonds. The number of para-hydroxylation sites is 1. The van der Waals surface area contributed by atoms with Crippen molar-refractivity contribution in [3.63, 3.8) is 0 Å². The molecular weight excluding hydrogens is 409 g/mol. The summed E-state index contributed by atoms with van der Waals surface area (Å²) in [7, 11) is -2.72. The number of halogens is 4. The molecule has 27 heavy (non-hydrogen) atoms. The Morgan fingerprint density at radius 2 is 1.96 bits per heavy atom. The van der Waals surface area contributed by atoms with Crippen molar-refractivity contribution in [2.45, 2.75) is 11.2 Å². The van der Waals surface area contributed by atoms with Crippen molar-refractivity contribution in [2.24, 2.45) is 0 Å². The third-order valence-electron chi connectivity index (χ3n) is 3.44. The maximum absolute atomic E-state index is 12.6. The predicted octanol–water partition coefficient (Wildman–Crippen LogP) is 2.97. The molecule has 0 fully saturated rings. The minimum atomic E-state index is -4.69. The van der Waals surface area contributed by atoms with E-state index in [1.165, 1.54) is 13.2 Å². The average molecular weight is 423 g/mol. The molecule has 0 unspecified atom stereocenters. The largest absolute Gasteiger partial charge is 0.496 e. The topological polar surface area (TPSA) is 85.4 Å². The molecule has 0 atom stereocenters. The summed E-state index contributed by atoms with van der Waals surface area (Å²) in [5.74, 6) is -0.842. The van der Waals surface area contributed by atoms with Crippen LogP contribution in [-0.2, 0) is 16.0 Å². The van der Waals surface area contributed by atoms with Gasteiger partial charge in [0.15, 0.2) is 14.9 Å². The molecule has 0 radical (unpaired) electrons. The number of amides is 1. The summed E-state index contributed by atoms with van der Waals surface area (Å²) in [6, 6.07) is 6.84. The van der Waals surface area contributed by atoms with Gasteiger partial charge in [-0.3, -0.25) is 4.79 Å². The van der Waals surface area contributed by atoms with Gasteiger partial charge in [0.2, 0.25) is 0 Å². The highest BCUT2D eigenvalue weighted by atomic mass is 35.5. The lowest BCUT2D eigenvalue weighted by atomic mass is 10.2. The maximum atomic E-state index is 12.6. The molecule has 2 aromatic rings. The fraction of sp³-hybridized carbons (Fsp3) is 0.250. The van der Waals surface area contributed by atoms with Crippen LogP contribution in [0, 0.1) is 0 Å². The fourth-order valence-electron chi connectivity index (χ4n) is 2.13. The number of hydrogen-bond acceptors (Lipinski definition) is 5. The first-order valence-electron chi connectivity index (χ1n) is 7.43. The Labute approximate surface area is 158 Å². The number of carbonyl (C=O) groups is 1. The Bertz CT molecular complexity index is 949. The molecule has 0 aliphatic heterocycles. The van der Waals surface area contributed by atoms with Crippen LogP contribution in [0.4, 0.5) is 13.2 Å². The summed E-state index contributed by atoms with van der Waals surface area (Å²) in [5, 5.41) is 1.09. The van der Waals surface area contributed by atoms with E-state index in [2.05, 4.69) is 10.3 Å². The number of alkyl halides is 3. The molecule has 2 rings (SSSR count). The van der Waals surface area contributed by atoms with Gasteiger partial charge in [0.25, 0.3) is 5.91 Å².